The third-order valence-electron chi connectivity index (χ3n) is 4.35. The van der Waals surface area contributed by atoms with Crippen LogP contribution in [-0.4, -0.2) is 19.1 Å². The molecule has 3 aromatic rings. The van der Waals surface area contributed by atoms with E-state index in [0.29, 0.717) is 5.75 Å². The Labute approximate surface area is 191 Å². The van der Waals surface area contributed by atoms with Gasteiger partial charge in [-0.05, 0) is 35.4 Å². The number of carbonyl (C=O) groups is 1. The Morgan fingerprint density at radius 3 is 2.06 bits per heavy atom. The van der Waals surface area contributed by atoms with Crippen LogP contribution in [0.1, 0.15) is 11.1 Å². The summed E-state index contributed by atoms with van der Waals surface area (Å²) in [7, 11) is 1.52. The van der Waals surface area contributed by atoms with E-state index in [0.717, 1.165) is 11.1 Å². The van der Waals surface area contributed by atoms with Gasteiger partial charge < -0.3 is 13.8 Å². The molecule has 7 nitrogen and oxygen atoms in total. The topological polar surface area (TPSA) is 83.1 Å². The molecule has 1 N–H and O–H groups in total. The van der Waals surface area contributed by atoms with Crippen LogP contribution in [0.25, 0.3) is 0 Å². The van der Waals surface area contributed by atoms with Crippen molar-refractivity contribution >= 4 is 24.2 Å². The Kier molecular flexibility index (Phi) is 8.71. The second-order valence-electron chi connectivity index (χ2n) is 6.74. The fraction of sp³-hybridized carbons (Fsp3) is 0.174. The first kappa shape index (κ1) is 23.8. The van der Waals surface area contributed by atoms with E-state index < -0.39 is 19.0 Å². The number of hydrogen-bond acceptors (Lipinski definition) is 7. The number of rotatable bonds is 11. The lowest BCUT2D eigenvalue weighted by Crippen LogP contribution is -2.39. The van der Waals surface area contributed by atoms with Crippen LogP contribution in [0, 0.1) is 0 Å². The third kappa shape index (κ3) is 7.70. The van der Waals surface area contributed by atoms with Gasteiger partial charge in [0.15, 0.2) is 0 Å². The summed E-state index contributed by atoms with van der Waals surface area (Å²) in [6, 6.07) is 24.0. The van der Waals surface area contributed by atoms with Gasteiger partial charge in [-0.1, -0.05) is 60.7 Å². The molecule has 3 aromatic carbocycles. The molecule has 9 heteroatoms. The summed E-state index contributed by atoms with van der Waals surface area (Å²) in [5.74, 6) is -0.111. The highest BCUT2D eigenvalue weighted by Crippen LogP contribution is 2.53. The minimum absolute atomic E-state index is 0.171. The zero-order valence-electron chi connectivity index (χ0n) is 17.3. The molecule has 0 amide bonds. The van der Waals surface area contributed by atoms with Gasteiger partial charge in [0, 0.05) is 17.7 Å². The third-order valence-corrected chi connectivity index (χ3v) is 5.59. The van der Waals surface area contributed by atoms with Crippen LogP contribution in [0.5, 0.6) is 11.5 Å². The zero-order valence-corrected chi connectivity index (χ0v) is 19.0. The van der Waals surface area contributed by atoms with Crippen LogP contribution in [0.4, 0.5) is 0 Å². The molecule has 0 aliphatic carbocycles. The Morgan fingerprint density at radius 2 is 1.47 bits per heavy atom. The van der Waals surface area contributed by atoms with Gasteiger partial charge in [-0.3, -0.25) is 4.84 Å². The van der Waals surface area contributed by atoms with Gasteiger partial charge in [-0.15, -0.1) is 0 Å². The number of carbonyl (C=O) groups excluding carboxylic acids is 1. The molecule has 2 atom stereocenters. The molecule has 0 aliphatic rings. The van der Waals surface area contributed by atoms with Crippen molar-refractivity contribution in [3.05, 3.63) is 96.1 Å². The van der Waals surface area contributed by atoms with Gasteiger partial charge in [0.25, 0.3) is 0 Å². The van der Waals surface area contributed by atoms with Gasteiger partial charge >= 0.3 is 12.9 Å². The second-order valence-corrected chi connectivity index (χ2v) is 9.21. The molecule has 0 bridgehead atoms. The van der Waals surface area contributed by atoms with E-state index in [4.69, 9.17) is 29.9 Å². The maximum Gasteiger partial charge on any atom is 0.532 e. The molecule has 0 radical (unpaired) electrons. The summed E-state index contributed by atoms with van der Waals surface area (Å²) in [6.45, 7) is -4.03. The van der Waals surface area contributed by atoms with Crippen molar-refractivity contribution in [3.8, 4) is 11.5 Å². The molecule has 0 saturated carbocycles. The summed E-state index contributed by atoms with van der Waals surface area (Å²) in [6.07, 6.45) is 0.230. The molecule has 0 heterocycles. The first-order valence-corrected chi connectivity index (χ1v) is 12.2. The van der Waals surface area contributed by atoms with Gasteiger partial charge in [0.2, 0.25) is 0 Å². The lowest BCUT2D eigenvalue weighted by atomic mass is 10.1. The van der Waals surface area contributed by atoms with Crippen molar-refractivity contribution in [2.45, 2.75) is 19.1 Å². The highest BCUT2D eigenvalue weighted by Gasteiger charge is 2.32. The van der Waals surface area contributed by atoms with E-state index >= 15 is 0 Å². The monoisotopic (exact) mass is 475 g/mol. The standard InChI is InChI=1S/C23H23ClNO6P/c1-28-20-12-14-21(15-13-20)30-32(24,27)31-23(26)22(16-18-8-4-2-5-9-18)25-29-17-19-10-6-3-7-11-19/h2-15,22,25H,16-17H2,1H3/t22-,32?/m0/s1. The Bertz CT molecular complexity index is 1030. The molecule has 0 saturated heterocycles. The van der Waals surface area contributed by atoms with E-state index in [2.05, 4.69) is 5.48 Å². The fourth-order valence-electron chi connectivity index (χ4n) is 2.77. The number of ether oxygens (including phenoxy) is 1. The molecule has 32 heavy (non-hydrogen) atoms. The van der Waals surface area contributed by atoms with Crippen LogP contribution in [0.15, 0.2) is 84.9 Å². The highest BCUT2D eigenvalue weighted by molar-refractivity contribution is 7.82. The molecule has 0 spiro atoms. The van der Waals surface area contributed by atoms with Crippen LogP contribution < -0.4 is 14.7 Å². The number of hydrogen-bond donors (Lipinski definition) is 1. The van der Waals surface area contributed by atoms with E-state index in [1.807, 2.05) is 60.7 Å². The SMILES string of the molecule is COc1ccc(OP(=O)(Cl)OC(=O)[C@H](Cc2ccccc2)NOCc2ccccc2)cc1. The average Bonchev–Trinajstić information content (AvgIpc) is 2.79. The minimum atomic E-state index is -4.26. The Hall–Kier alpha value is -2.83. The maximum atomic E-state index is 12.8. The minimum Gasteiger partial charge on any atom is -0.497 e. The number of methoxy groups -OCH3 is 1. The van der Waals surface area contributed by atoms with Crippen molar-refractivity contribution < 1.29 is 28.0 Å². The second kappa shape index (κ2) is 11.7. The van der Waals surface area contributed by atoms with E-state index in [1.54, 1.807) is 12.1 Å². The molecule has 0 fully saturated rings. The molecular formula is C23H23ClNO6P. The average molecular weight is 476 g/mol. The molecule has 0 aromatic heterocycles. The van der Waals surface area contributed by atoms with Crippen LogP contribution in [0.2, 0.25) is 0 Å². The number of nitrogens with one attached hydrogen (secondary N) is 1. The fourth-order valence-corrected chi connectivity index (χ4v) is 3.97. The predicted molar refractivity (Wildman–Crippen MR) is 121 cm³/mol. The number of halogens is 1. The summed E-state index contributed by atoms with van der Waals surface area (Å²) in [5, 5.41) is 0. The van der Waals surface area contributed by atoms with Crippen molar-refractivity contribution in [1.29, 1.82) is 0 Å². The summed E-state index contributed by atoms with van der Waals surface area (Å²) in [5.41, 5.74) is 4.46. The van der Waals surface area contributed by atoms with Crippen molar-refractivity contribution in [3.63, 3.8) is 0 Å². The van der Waals surface area contributed by atoms with Crippen molar-refractivity contribution in [2.75, 3.05) is 7.11 Å². The van der Waals surface area contributed by atoms with E-state index in [-0.39, 0.29) is 18.8 Å². The van der Waals surface area contributed by atoms with E-state index in [1.165, 1.54) is 19.2 Å². The summed E-state index contributed by atoms with van der Waals surface area (Å²) >= 11 is 5.91. The summed E-state index contributed by atoms with van der Waals surface area (Å²) < 4.78 is 27.9. The lowest BCUT2D eigenvalue weighted by molar-refractivity contribution is -0.141. The highest BCUT2D eigenvalue weighted by atomic mass is 35.7. The lowest BCUT2D eigenvalue weighted by Gasteiger charge is -2.19. The van der Waals surface area contributed by atoms with Gasteiger partial charge in [0.1, 0.15) is 17.5 Å². The molecule has 168 valence electrons. The molecule has 3 rings (SSSR count). The van der Waals surface area contributed by atoms with E-state index in [9.17, 15) is 9.36 Å². The Balaban J connectivity index is 1.64. The van der Waals surface area contributed by atoms with Crippen LogP contribution in [-0.2, 0) is 31.7 Å². The van der Waals surface area contributed by atoms with Crippen molar-refractivity contribution in [1.82, 2.24) is 5.48 Å². The summed E-state index contributed by atoms with van der Waals surface area (Å²) in [4.78, 5) is 18.3. The number of hydroxylamine groups is 1. The molecule has 0 aliphatic heterocycles. The van der Waals surface area contributed by atoms with Crippen LogP contribution >= 0.6 is 18.2 Å². The zero-order chi connectivity index (χ0) is 22.8. The van der Waals surface area contributed by atoms with Crippen LogP contribution in [0.3, 0.4) is 0 Å². The van der Waals surface area contributed by atoms with Crippen molar-refractivity contribution in [2.24, 2.45) is 0 Å². The largest absolute Gasteiger partial charge is 0.532 e. The predicted octanol–water partition coefficient (Wildman–Crippen LogP) is 5.30. The first-order valence-electron chi connectivity index (χ1n) is 9.77. The quantitative estimate of drug-likeness (QED) is 0.298. The van der Waals surface area contributed by atoms with Gasteiger partial charge in [-0.25, -0.2) is 9.36 Å². The molecule has 1 unspecified atom stereocenters. The van der Waals surface area contributed by atoms with Gasteiger partial charge in [-0.2, -0.15) is 5.48 Å². The first-order chi connectivity index (χ1) is 15.4. The smallest absolute Gasteiger partial charge is 0.497 e. The molecular weight excluding hydrogens is 453 g/mol. The normalized spacial score (nSPS) is 13.6. The Morgan fingerprint density at radius 1 is 0.906 bits per heavy atom. The maximum absolute atomic E-state index is 12.8. The number of benzene rings is 3. The van der Waals surface area contributed by atoms with Gasteiger partial charge in [0.05, 0.1) is 13.7 Å².